The Morgan fingerprint density at radius 1 is 0.786 bits per heavy atom. The van der Waals surface area contributed by atoms with Gasteiger partial charge in [0.25, 0.3) is 0 Å². The lowest BCUT2D eigenvalue weighted by molar-refractivity contribution is 0.0960. The third kappa shape index (κ3) is 4.47. The van der Waals surface area contributed by atoms with Gasteiger partial charge in [-0.25, -0.2) is 4.79 Å². The lowest BCUT2D eigenvalue weighted by Gasteiger charge is -2.17. The standard InChI is InChI=1S/C23H24O5/c1-2-3-4-5-6-9-14-27-23(26)28-16-12-13-19-20(15-16)22(25)18-11-8-7-10-17(18)21(19)24/h7-8,10-13,15H,2-6,9,14H2,1H3. The Morgan fingerprint density at radius 2 is 1.39 bits per heavy atom. The molecule has 0 unspecified atom stereocenters. The number of hydrogen-bond acceptors (Lipinski definition) is 5. The Morgan fingerprint density at radius 3 is 2.11 bits per heavy atom. The number of carbonyl (C=O) groups is 3. The summed E-state index contributed by atoms with van der Waals surface area (Å²) in [6.07, 6.45) is 5.77. The molecule has 1 aliphatic carbocycles. The first-order valence-electron chi connectivity index (χ1n) is 9.79. The molecule has 0 heterocycles. The van der Waals surface area contributed by atoms with E-state index in [9.17, 15) is 14.4 Å². The van der Waals surface area contributed by atoms with Crippen LogP contribution in [-0.2, 0) is 4.74 Å². The van der Waals surface area contributed by atoms with E-state index in [1.165, 1.54) is 37.5 Å². The monoisotopic (exact) mass is 380 g/mol. The van der Waals surface area contributed by atoms with Crippen LogP contribution >= 0.6 is 0 Å². The van der Waals surface area contributed by atoms with E-state index in [4.69, 9.17) is 9.47 Å². The van der Waals surface area contributed by atoms with Gasteiger partial charge in [0.2, 0.25) is 0 Å². The van der Waals surface area contributed by atoms with Crippen LogP contribution < -0.4 is 4.74 Å². The zero-order chi connectivity index (χ0) is 19.9. The Hall–Kier alpha value is -2.95. The molecule has 0 amide bonds. The van der Waals surface area contributed by atoms with E-state index >= 15 is 0 Å². The maximum absolute atomic E-state index is 12.7. The lowest BCUT2D eigenvalue weighted by Crippen LogP contribution is -2.21. The number of ether oxygens (including phenoxy) is 2. The van der Waals surface area contributed by atoms with Crippen LogP contribution in [0.5, 0.6) is 5.75 Å². The normalized spacial score (nSPS) is 12.3. The Balaban J connectivity index is 1.58. The number of ketones is 2. The van der Waals surface area contributed by atoms with Gasteiger partial charge in [-0.2, -0.15) is 0 Å². The summed E-state index contributed by atoms with van der Waals surface area (Å²) in [4.78, 5) is 37.1. The predicted octanol–water partition coefficient (Wildman–Crippen LogP) is 5.34. The number of unbranched alkanes of at least 4 members (excludes halogenated alkanes) is 5. The van der Waals surface area contributed by atoms with Crippen LogP contribution in [-0.4, -0.2) is 24.3 Å². The average molecular weight is 380 g/mol. The van der Waals surface area contributed by atoms with Crippen LogP contribution in [0.25, 0.3) is 0 Å². The highest BCUT2D eigenvalue weighted by molar-refractivity contribution is 6.28. The van der Waals surface area contributed by atoms with Crippen LogP contribution in [0.4, 0.5) is 4.79 Å². The van der Waals surface area contributed by atoms with Gasteiger partial charge in [0.1, 0.15) is 5.75 Å². The number of benzene rings is 2. The van der Waals surface area contributed by atoms with E-state index in [0.29, 0.717) is 23.3 Å². The summed E-state index contributed by atoms with van der Waals surface area (Å²) in [6.45, 7) is 2.47. The number of hydrogen-bond donors (Lipinski definition) is 0. The molecule has 0 bridgehead atoms. The van der Waals surface area contributed by atoms with Gasteiger partial charge in [-0.05, 0) is 24.6 Å². The second-order valence-corrected chi connectivity index (χ2v) is 6.88. The highest BCUT2D eigenvalue weighted by Gasteiger charge is 2.29. The van der Waals surface area contributed by atoms with Crippen molar-refractivity contribution in [1.29, 1.82) is 0 Å². The van der Waals surface area contributed by atoms with Crippen molar-refractivity contribution in [2.45, 2.75) is 45.4 Å². The van der Waals surface area contributed by atoms with E-state index in [1.807, 2.05) is 0 Å². The van der Waals surface area contributed by atoms with Crippen molar-refractivity contribution in [3.63, 3.8) is 0 Å². The zero-order valence-corrected chi connectivity index (χ0v) is 16.0. The molecule has 5 heteroatoms. The molecule has 28 heavy (non-hydrogen) atoms. The molecule has 2 aromatic rings. The molecular formula is C23H24O5. The summed E-state index contributed by atoms with van der Waals surface area (Å²) >= 11 is 0. The summed E-state index contributed by atoms with van der Waals surface area (Å²) in [5.74, 6) is -0.272. The second-order valence-electron chi connectivity index (χ2n) is 6.88. The molecule has 2 aromatic carbocycles. The molecule has 5 nitrogen and oxygen atoms in total. The number of carbonyl (C=O) groups excluding carboxylic acids is 3. The van der Waals surface area contributed by atoms with Crippen molar-refractivity contribution in [2.24, 2.45) is 0 Å². The second kappa shape index (κ2) is 9.31. The molecule has 0 fully saturated rings. The molecular weight excluding hydrogens is 356 g/mol. The smallest absolute Gasteiger partial charge is 0.434 e. The maximum atomic E-state index is 12.7. The molecule has 0 N–H and O–H groups in total. The average Bonchev–Trinajstić information content (AvgIpc) is 2.71. The van der Waals surface area contributed by atoms with E-state index in [-0.39, 0.29) is 22.9 Å². The Labute approximate surface area is 164 Å². The molecule has 0 spiro atoms. The van der Waals surface area contributed by atoms with Gasteiger partial charge in [-0.15, -0.1) is 0 Å². The molecule has 1 aliphatic rings. The fourth-order valence-corrected chi connectivity index (χ4v) is 3.31. The zero-order valence-electron chi connectivity index (χ0n) is 16.0. The van der Waals surface area contributed by atoms with E-state index < -0.39 is 6.16 Å². The highest BCUT2D eigenvalue weighted by Crippen LogP contribution is 2.29. The van der Waals surface area contributed by atoms with Gasteiger partial charge in [0, 0.05) is 22.3 Å². The summed E-state index contributed by atoms with van der Waals surface area (Å²) in [6, 6.07) is 11.2. The summed E-state index contributed by atoms with van der Waals surface area (Å²) in [5.41, 5.74) is 1.32. The first kappa shape index (κ1) is 19.8. The van der Waals surface area contributed by atoms with E-state index in [2.05, 4.69) is 6.92 Å². The largest absolute Gasteiger partial charge is 0.513 e. The third-order valence-electron chi connectivity index (χ3n) is 4.82. The minimum atomic E-state index is -0.802. The first-order valence-corrected chi connectivity index (χ1v) is 9.79. The van der Waals surface area contributed by atoms with Crippen LogP contribution in [0.3, 0.4) is 0 Å². The van der Waals surface area contributed by atoms with Crippen LogP contribution in [0.2, 0.25) is 0 Å². The fourth-order valence-electron chi connectivity index (χ4n) is 3.31. The Kier molecular flexibility index (Phi) is 6.58. The topological polar surface area (TPSA) is 69.7 Å². The van der Waals surface area contributed by atoms with Crippen molar-refractivity contribution < 1.29 is 23.9 Å². The SMILES string of the molecule is CCCCCCCCOC(=O)Oc1ccc2c(c1)C(=O)c1ccccc1C2=O. The lowest BCUT2D eigenvalue weighted by atomic mass is 9.84. The molecule has 3 rings (SSSR count). The molecule has 0 radical (unpaired) electrons. The van der Waals surface area contributed by atoms with Crippen molar-refractivity contribution in [3.8, 4) is 5.75 Å². The molecule has 146 valence electrons. The molecule has 0 saturated heterocycles. The summed E-state index contributed by atoms with van der Waals surface area (Å²) < 4.78 is 10.3. The fraction of sp³-hybridized carbons (Fsp3) is 0.348. The van der Waals surface area contributed by atoms with Gasteiger partial charge in [0.05, 0.1) is 6.61 Å². The predicted molar refractivity (Wildman–Crippen MR) is 105 cm³/mol. The molecule has 0 aromatic heterocycles. The highest BCUT2D eigenvalue weighted by atomic mass is 16.7. The minimum absolute atomic E-state index is 0.187. The van der Waals surface area contributed by atoms with Crippen LogP contribution in [0.15, 0.2) is 42.5 Å². The third-order valence-corrected chi connectivity index (χ3v) is 4.82. The molecule has 0 saturated carbocycles. The van der Waals surface area contributed by atoms with Crippen molar-refractivity contribution in [2.75, 3.05) is 6.61 Å². The summed E-state index contributed by atoms with van der Waals surface area (Å²) in [5, 5.41) is 0. The van der Waals surface area contributed by atoms with Crippen molar-refractivity contribution in [1.82, 2.24) is 0 Å². The van der Waals surface area contributed by atoms with Gasteiger partial charge in [-0.3, -0.25) is 9.59 Å². The first-order chi connectivity index (χ1) is 13.6. The van der Waals surface area contributed by atoms with Crippen molar-refractivity contribution >= 4 is 17.7 Å². The maximum Gasteiger partial charge on any atom is 0.513 e. The van der Waals surface area contributed by atoms with E-state index in [0.717, 1.165) is 19.3 Å². The van der Waals surface area contributed by atoms with Crippen LogP contribution in [0, 0.1) is 0 Å². The van der Waals surface area contributed by atoms with Gasteiger partial charge in [0.15, 0.2) is 11.6 Å². The van der Waals surface area contributed by atoms with Crippen LogP contribution in [0.1, 0.15) is 77.3 Å². The van der Waals surface area contributed by atoms with Gasteiger partial charge < -0.3 is 9.47 Å². The summed E-state index contributed by atoms with van der Waals surface area (Å²) in [7, 11) is 0. The van der Waals surface area contributed by atoms with Crippen molar-refractivity contribution in [3.05, 3.63) is 64.7 Å². The van der Waals surface area contributed by atoms with Gasteiger partial charge in [-0.1, -0.05) is 63.3 Å². The molecule has 0 atom stereocenters. The number of rotatable bonds is 8. The number of fused-ring (bicyclic) bond motifs is 2. The quantitative estimate of drug-likeness (QED) is 0.300. The van der Waals surface area contributed by atoms with E-state index in [1.54, 1.807) is 24.3 Å². The molecule has 0 aliphatic heterocycles. The van der Waals surface area contributed by atoms with Gasteiger partial charge >= 0.3 is 6.16 Å². The Bertz CT molecular complexity index is 884. The minimum Gasteiger partial charge on any atom is -0.434 e.